The smallest absolute Gasteiger partial charge is 0.257 e. The summed E-state index contributed by atoms with van der Waals surface area (Å²) >= 11 is 5.75. The van der Waals surface area contributed by atoms with Crippen LogP contribution in [-0.2, 0) is 4.79 Å². The highest BCUT2D eigenvalue weighted by Gasteiger charge is 2.06. The van der Waals surface area contributed by atoms with Crippen LogP contribution in [0.2, 0.25) is 5.02 Å². The monoisotopic (exact) mass is 310 g/mol. The van der Waals surface area contributed by atoms with Gasteiger partial charge in [-0.25, -0.2) is 4.39 Å². The second-order valence-electron chi connectivity index (χ2n) is 3.71. The van der Waals surface area contributed by atoms with E-state index in [4.69, 9.17) is 22.1 Å². The van der Waals surface area contributed by atoms with Crippen LogP contribution < -0.4 is 15.8 Å². The molecule has 0 saturated heterocycles. The van der Waals surface area contributed by atoms with Crippen LogP contribution in [-0.4, -0.2) is 25.6 Å². The normalized spacial score (nSPS) is 9.63. The van der Waals surface area contributed by atoms with E-state index in [0.29, 0.717) is 13.1 Å². The number of benzene rings is 1. The van der Waals surface area contributed by atoms with Crippen molar-refractivity contribution in [3.8, 4) is 5.75 Å². The maximum absolute atomic E-state index is 12.8. The number of amides is 1. The fourth-order valence-corrected chi connectivity index (χ4v) is 1.51. The Kier molecular flexibility index (Phi) is 9.30. The molecule has 0 fully saturated rings. The van der Waals surface area contributed by atoms with Gasteiger partial charge in [-0.3, -0.25) is 4.79 Å². The molecule has 0 aliphatic rings. The first-order valence-electron chi connectivity index (χ1n) is 5.68. The zero-order valence-corrected chi connectivity index (χ0v) is 11.9. The summed E-state index contributed by atoms with van der Waals surface area (Å²) in [7, 11) is 0. The topological polar surface area (TPSA) is 64.3 Å². The lowest BCUT2D eigenvalue weighted by Gasteiger charge is -2.08. The van der Waals surface area contributed by atoms with Crippen LogP contribution in [0.5, 0.6) is 5.75 Å². The molecule has 1 rings (SSSR count). The quantitative estimate of drug-likeness (QED) is 0.758. The molecule has 3 N–H and O–H groups in total. The predicted octanol–water partition coefficient (Wildman–Crippen LogP) is 2.13. The third kappa shape index (κ3) is 7.20. The standard InChI is InChI=1S/C12H16ClFN2O2.ClH/c13-10-7-9(14)3-4-11(10)18-8-12(17)16-6-2-1-5-15;/h3-4,7H,1-2,5-6,8,15H2,(H,16,17);1H. The zero-order chi connectivity index (χ0) is 13.4. The van der Waals surface area contributed by atoms with E-state index in [-0.39, 0.29) is 35.7 Å². The van der Waals surface area contributed by atoms with Crippen LogP contribution >= 0.6 is 24.0 Å². The van der Waals surface area contributed by atoms with Crippen molar-refractivity contribution in [1.82, 2.24) is 5.32 Å². The number of halogens is 3. The number of carbonyl (C=O) groups excluding carboxylic acids is 1. The van der Waals surface area contributed by atoms with E-state index in [1.54, 1.807) is 0 Å². The second-order valence-corrected chi connectivity index (χ2v) is 4.12. The lowest BCUT2D eigenvalue weighted by molar-refractivity contribution is -0.123. The zero-order valence-electron chi connectivity index (χ0n) is 10.3. The molecule has 0 radical (unpaired) electrons. The number of nitrogens with two attached hydrogens (primary N) is 1. The first-order chi connectivity index (χ1) is 8.63. The third-order valence-corrected chi connectivity index (χ3v) is 2.50. The van der Waals surface area contributed by atoms with Crippen molar-refractivity contribution in [3.05, 3.63) is 29.0 Å². The highest BCUT2D eigenvalue weighted by atomic mass is 35.5. The molecular formula is C12H17Cl2FN2O2. The number of rotatable bonds is 7. The average molecular weight is 311 g/mol. The van der Waals surface area contributed by atoms with Gasteiger partial charge >= 0.3 is 0 Å². The molecule has 0 heterocycles. The minimum atomic E-state index is -0.446. The Morgan fingerprint density at radius 1 is 1.42 bits per heavy atom. The van der Waals surface area contributed by atoms with Crippen molar-refractivity contribution in [2.24, 2.45) is 5.73 Å². The number of nitrogens with one attached hydrogen (secondary N) is 1. The largest absolute Gasteiger partial charge is 0.482 e. The van der Waals surface area contributed by atoms with E-state index in [1.807, 2.05) is 0 Å². The van der Waals surface area contributed by atoms with Crippen LogP contribution in [0.3, 0.4) is 0 Å². The van der Waals surface area contributed by atoms with Crippen molar-refractivity contribution in [2.75, 3.05) is 19.7 Å². The summed E-state index contributed by atoms with van der Waals surface area (Å²) in [6.45, 7) is 1.03. The van der Waals surface area contributed by atoms with Gasteiger partial charge in [0.2, 0.25) is 0 Å². The summed E-state index contributed by atoms with van der Waals surface area (Å²) in [5.41, 5.74) is 5.33. The van der Waals surface area contributed by atoms with Crippen molar-refractivity contribution in [2.45, 2.75) is 12.8 Å². The molecule has 108 valence electrons. The molecule has 0 aliphatic heterocycles. The molecule has 4 nitrogen and oxygen atoms in total. The average Bonchev–Trinajstić information content (AvgIpc) is 2.33. The molecule has 0 spiro atoms. The Labute approximate surface area is 122 Å². The number of hydrogen-bond donors (Lipinski definition) is 2. The molecule has 1 aromatic carbocycles. The highest BCUT2D eigenvalue weighted by Crippen LogP contribution is 2.24. The molecule has 0 aliphatic carbocycles. The first kappa shape index (κ1) is 18.0. The van der Waals surface area contributed by atoms with Gasteiger partial charge in [0, 0.05) is 6.54 Å². The Morgan fingerprint density at radius 3 is 2.79 bits per heavy atom. The van der Waals surface area contributed by atoms with Crippen LogP contribution in [0.1, 0.15) is 12.8 Å². The maximum atomic E-state index is 12.8. The van der Waals surface area contributed by atoms with Gasteiger partial charge in [0.05, 0.1) is 5.02 Å². The summed E-state index contributed by atoms with van der Waals surface area (Å²) in [5, 5.41) is 2.83. The van der Waals surface area contributed by atoms with Crippen molar-refractivity contribution < 1.29 is 13.9 Å². The Morgan fingerprint density at radius 2 is 2.16 bits per heavy atom. The van der Waals surface area contributed by atoms with Gasteiger partial charge in [0.25, 0.3) is 5.91 Å². The molecule has 0 aromatic heterocycles. The number of carbonyl (C=O) groups is 1. The molecule has 7 heteroatoms. The Bertz CT molecular complexity index is 405. The van der Waals surface area contributed by atoms with E-state index in [0.717, 1.165) is 18.9 Å². The minimum absolute atomic E-state index is 0. The van der Waals surface area contributed by atoms with Crippen LogP contribution in [0.25, 0.3) is 0 Å². The molecule has 1 aromatic rings. The molecular weight excluding hydrogens is 294 g/mol. The van der Waals surface area contributed by atoms with E-state index in [2.05, 4.69) is 5.32 Å². The molecule has 0 saturated carbocycles. The molecule has 0 atom stereocenters. The number of unbranched alkanes of at least 4 members (excludes halogenated alkanes) is 1. The van der Waals surface area contributed by atoms with Crippen LogP contribution in [0.15, 0.2) is 18.2 Å². The fourth-order valence-electron chi connectivity index (χ4n) is 1.28. The first-order valence-corrected chi connectivity index (χ1v) is 6.06. The Balaban J connectivity index is 0.00000324. The van der Waals surface area contributed by atoms with Crippen LogP contribution in [0, 0.1) is 5.82 Å². The van der Waals surface area contributed by atoms with E-state index in [9.17, 15) is 9.18 Å². The summed E-state index contributed by atoms with van der Waals surface area (Å²) in [5.74, 6) is -0.402. The van der Waals surface area contributed by atoms with E-state index < -0.39 is 5.82 Å². The summed E-state index contributed by atoms with van der Waals surface area (Å²) < 4.78 is 17.9. The Hall–Kier alpha value is -1.04. The van der Waals surface area contributed by atoms with Gasteiger partial charge < -0.3 is 15.8 Å². The maximum Gasteiger partial charge on any atom is 0.257 e. The second kappa shape index (κ2) is 9.83. The van der Waals surface area contributed by atoms with Crippen LogP contribution in [0.4, 0.5) is 4.39 Å². The summed E-state index contributed by atoms with van der Waals surface area (Å²) in [4.78, 5) is 11.4. The SMILES string of the molecule is Cl.NCCCCNC(=O)COc1ccc(F)cc1Cl. The summed E-state index contributed by atoms with van der Waals surface area (Å²) in [6.07, 6.45) is 1.70. The van der Waals surface area contributed by atoms with Gasteiger partial charge in [-0.2, -0.15) is 0 Å². The van der Waals surface area contributed by atoms with Gasteiger partial charge in [-0.05, 0) is 37.6 Å². The molecule has 1 amide bonds. The lowest BCUT2D eigenvalue weighted by Crippen LogP contribution is -2.30. The van der Waals surface area contributed by atoms with Gasteiger partial charge in [0.1, 0.15) is 11.6 Å². The van der Waals surface area contributed by atoms with Crippen molar-refractivity contribution in [3.63, 3.8) is 0 Å². The van der Waals surface area contributed by atoms with Crippen molar-refractivity contribution in [1.29, 1.82) is 0 Å². The number of hydrogen-bond acceptors (Lipinski definition) is 3. The van der Waals surface area contributed by atoms with E-state index >= 15 is 0 Å². The van der Waals surface area contributed by atoms with Gasteiger partial charge in [-0.15, -0.1) is 12.4 Å². The summed E-state index contributed by atoms with van der Waals surface area (Å²) in [6, 6.07) is 3.75. The van der Waals surface area contributed by atoms with E-state index in [1.165, 1.54) is 12.1 Å². The van der Waals surface area contributed by atoms with Gasteiger partial charge in [-0.1, -0.05) is 11.6 Å². The fraction of sp³-hybridized carbons (Fsp3) is 0.417. The minimum Gasteiger partial charge on any atom is -0.482 e. The molecule has 19 heavy (non-hydrogen) atoms. The molecule has 0 bridgehead atoms. The number of ether oxygens (including phenoxy) is 1. The third-order valence-electron chi connectivity index (χ3n) is 2.21. The van der Waals surface area contributed by atoms with Gasteiger partial charge in [0.15, 0.2) is 6.61 Å². The predicted molar refractivity (Wildman–Crippen MR) is 75.5 cm³/mol. The van der Waals surface area contributed by atoms with Crippen molar-refractivity contribution >= 4 is 29.9 Å². The highest BCUT2D eigenvalue weighted by molar-refractivity contribution is 6.32. The lowest BCUT2D eigenvalue weighted by atomic mass is 10.3. The molecule has 0 unspecified atom stereocenters.